The summed E-state index contributed by atoms with van der Waals surface area (Å²) in [6, 6.07) is 11.3. The number of anilines is 3. The molecule has 0 aromatic heterocycles. The number of hydrogen-bond acceptors (Lipinski definition) is 11. The number of morpholine rings is 1. The zero-order valence-electron chi connectivity index (χ0n) is 29.1. The van der Waals surface area contributed by atoms with Gasteiger partial charge in [0.25, 0.3) is 11.8 Å². The van der Waals surface area contributed by atoms with Gasteiger partial charge in [-0.3, -0.25) is 19.2 Å². The zero-order chi connectivity index (χ0) is 37.0. The molecule has 2 heterocycles. The Morgan fingerprint density at radius 3 is 2.28 bits per heavy atom. The summed E-state index contributed by atoms with van der Waals surface area (Å²) in [5.74, 6) is -2.54. The summed E-state index contributed by atoms with van der Waals surface area (Å²) in [5, 5.41) is 15.2. The summed E-state index contributed by atoms with van der Waals surface area (Å²) in [4.78, 5) is 79.8. The van der Waals surface area contributed by atoms with Crippen molar-refractivity contribution in [2.75, 3.05) is 28.7 Å². The monoisotopic (exact) mass is 691 g/mol. The lowest BCUT2D eigenvalue weighted by atomic mass is 10.0. The number of nitriles is 1. The van der Waals surface area contributed by atoms with E-state index in [1.165, 1.54) is 23.1 Å². The lowest BCUT2D eigenvalue weighted by molar-refractivity contribution is -0.167. The van der Waals surface area contributed by atoms with Gasteiger partial charge in [0.2, 0.25) is 12.0 Å². The Morgan fingerprint density at radius 1 is 1.02 bits per heavy atom. The van der Waals surface area contributed by atoms with E-state index >= 15 is 0 Å². The number of aryl methyl sites for hydroxylation is 1. The van der Waals surface area contributed by atoms with E-state index in [0.29, 0.717) is 29.1 Å². The maximum atomic E-state index is 13.7. The number of carbonyl (C=O) groups excluding carboxylic acids is 6. The van der Waals surface area contributed by atoms with Gasteiger partial charge in [-0.25, -0.2) is 14.5 Å². The average molecular weight is 692 g/mol. The number of ether oxygens (including phenoxy) is 4. The van der Waals surface area contributed by atoms with Gasteiger partial charge in [-0.05, 0) is 89.4 Å². The van der Waals surface area contributed by atoms with E-state index in [9.17, 15) is 34.0 Å². The molecular weight excluding hydrogens is 650 g/mol. The minimum absolute atomic E-state index is 0.0110. The molecule has 2 aliphatic rings. The molecule has 5 amide bonds. The lowest BCUT2D eigenvalue weighted by Crippen LogP contribution is -2.56. The first-order valence-corrected chi connectivity index (χ1v) is 16.0. The highest BCUT2D eigenvalue weighted by Gasteiger charge is 2.43. The molecule has 0 unspecified atom stereocenters. The van der Waals surface area contributed by atoms with Crippen LogP contribution < -0.4 is 15.5 Å². The summed E-state index contributed by atoms with van der Waals surface area (Å²) in [7, 11) is 0. The fourth-order valence-corrected chi connectivity index (χ4v) is 5.17. The van der Waals surface area contributed by atoms with Gasteiger partial charge in [0, 0.05) is 37.0 Å². The fourth-order valence-electron chi connectivity index (χ4n) is 5.17. The Kier molecular flexibility index (Phi) is 11.2. The van der Waals surface area contributed by atoms with Crippen molar-refractivity contribution >= 4 is 52.9 Å². The second-order valence-electron chi connectivity index (χ2n) is 13.7. The van der Waals surface area contributed by atoms with Crippen LogP contribution in [0.5, 0.6) is 0 Å². The van der Waals surface area contributed by atoms with Gasteiger partial charge in [-0.1, -0.05) is 6.07 Å². The largest absolute Gasteiger partial charge is 0.449 e. The van der Waals surface area contributed by atoms with Gasteiger partial charge in [-0.15, -0.1) is 0 Å². The van der Waals surface area contributed by atoms with Crippen molar-refractivity contribution in [1.82, 2.24) is 4.90 Å². The van der Waals surface area contributed by atoms with Crippen LogP contribution in [0.3, 0.4) is 0 Å². The molecule has 2 N–H and O–H groups in total. The van der Waals surface area contributed by atoms with E-state index in [1.807, 2.05) is 12.1 Å². The van der Waals surface area contributed by atoms with Crippen molar-refractivity contribution in [3.05, 3.63) is 53.1 Å². The molecule has 0 saturated carbocycles. The number of nitrogens with one attached hydrogen (secondary N) is 2. The number of fused-ring (bicyclic) bond motifs is 1. The van der Waals surface area contributed by atoms with Crippen molar-refractivity contribution in [1.29, 1.82) is 5.26 Å². The maximum absolute atomic E-state index is 13.7. The average Bonchev–Trinajstić information content (AvgIpc) is 3.00. The van der Waals surface area contributed by atoms with Gasteiger partial charge in [0.15, 0.2) is 6.10 Å². The van der Waals surface area contributed by atoms with Crippen LogP contribution in [0.4, 0.5) is 26.7 Å². The molecule has 266 valence electrons. The standard InChI is InChI=1S/C35H41N5O10/c1-20(41)48-28(29-31(44)39(14-15-47-29)25-12-9-21-10-13-27(42)38-26(21)17-25)30(43)37-24-11-8-22(18-36)23(16-24)19-40(32(45)49-34(2,3)4)33(46)50-35(5,6)7/h8-9,11-12,16-17,28-29H,10,13-15,19H2,1-7H3,(H,37,43)(H,38,42)/t28-,29-/m1/s1. The molecule has 50 heavy (non-hydrogen) atoms. The van der Waals surface area contributed by atoms with Crippen LogP contribution in [0.1, 0.15) is 71.6 Å². The SMILES string of the molecule is CC(=O)O[C@@H](C(=O)Nc1ccc(C#N)c(CN(C(=O)OC(C)(C)C)C(=O)OC(C)(C)C)c1)[C@H]1OCCN(c2ccc3c(c2)NC(=O)CC3)C1=O. The fraction of sp³-hybridized carbons (Fsp3) is 0.457. The molecule has 1 saturated heterocycles. The third-order valence-electron chi connectivity index (χ3n) is 7.30. The Labute approximate surface area is 289 Å². The van der Waals surface area contributed by atoms with E-state index in [4.69, 9.17) is 18.9 Å². The molecule has 2 atom stereocenters. The maximum Gasteiger partial charge on any atom is 0.420 e. The van der Waals surface area contributed by atoms with Crippen LogP contribution in [0.2, 0.25) is 0 Å². The molecular formula is C35H41N5O10. The van der Waals surface area contributed by atoms with Gasteiger partial charge in [0.05, 0.1) is 24.8 Å². The van der Waals surface area contributed by atoms with Crippen LogP contribution in [0, 0.1) is 11.3 Å². The first-order chi connectivity index (χ1) is 23.3. The van der Waals surface area contributed by atoms with Crippen LogP contribution in [-0.2, 0) is 51.1 Å². The predicted octanol–water partition coefficient (Wildman–Crippen LogP) is 4.42. The molecule has 0 spiro atoms. The molecule has 2 aliphatic heterocycles. The van der Waals surface area contributed by atoms with Crippen LogP contribution >= 0.6 is 0 Å². The number of carbonyl (C=O) groups is 6. The van der Waals surface area contributed by atoms with Crippen molar-refractivity contribution in [3.8, 4) is 6.07 Å². The molecule has 0 bridgehead atoms. The van der Waals surface area contributed by atoms with Crippen molar-refractivity contribution in [3.63, 3.8) is 0 Å². The van der Waals surface area contributed by atoms with Crippen molar-refractivity contribution < 1.29 is 47.7 Å². The molecule has 1 fully saturated rings. The lowest BCUT2D eigenvalue weighted by Gasteiger charge is -2.35. The van der Waals surface area contributed by atoms with E-state index in [0.717, 1.165) is 12.5 Å². The molecule has 15 nitrogen and oxygen atoms in total. The summed E-state index contributed by atoms with van der Waals surface area (Å²) in [5.41, 5.74) is 0.382. The molecule has 0 radical (unpaired) electrons. The van der Waals surface area contributed by atoms with Gasteiger partial charge in [-0.2, -0.15) is 5.26 Å². The Bertz CT molecular complexity index is 1710. The van der Waals surface area contributed by atoms with E-state index in [1.54, 1.807) is 53.7 Å². The number of nitrogens with zero attached hydrogens (tertiary/aromatic N) is 3. The molecule has 0 aliphatic carbocycles. The first kappa shape index (κ1) is 37.3. The number of rotatable bonds is 7. The highest BCUT2D eigenvalue weighted by atomic mass is 16.6. The molecule has 4 rings (SSSR count). The summed E-state index contributed by atoms with van der Waals surface area (Å²) in [6.07, 6.45) is -4.36. The zero-order valence-corrected chi connectivity index (χ0v) is 29.1. The molecule has 15 heteroatoms. The van der Waals surface area contributed by atoms with Gasteiger partial charge >= 0.3 is 18.2 Å². The number of esters is 1. The summed E-state index contributed by atoms with van der Waals surface area (Å²) >= 11 is 0. The minimum atomic E-state index is -1.72. The Hall–Kier alpha value is -5.49. The summed E-state index contributed by atoms with van der Waals surface area (Å²) < 4.78 is 21.8. The van der Waals surface area contributed by atoms with Crippen LogP contribution in [0.25, 0.3) is 0 Å². The van der Waals surface area contributed by atoms with E-state index in [-0.39, 0.29) is 35.9 Å². The van der Waals surface area contributed by atoms with Crippen molar-refractivity contribution in [2.24, 2.45) is 0 Å². The number of imide groups is 1. The second-order valence-corrected chi connectivity index (χ2v) is 13.7. The van der Waals surface area contributed by atoms with E-state index in [2.05, 4.69) is 10.6 Å². The number of hydrogen-bond donors (Lipinski definition) is 2. The third-order valence-corrected chi connectivity index (χ3v) is 7.30. The number of amides is 5. The second kappa shape index (κ2) is 15.0. The third kappa shape index (κ3) is 9.56. The minimum Gasteiger partial charge on any atom is -0.449 e. The van der Waals surface area contributed by atoms with Crippen LogP contribution in [0.15, 0.2) is 36.4 Å². The smallest absolute Gasteiger partial charge is 0.420 e. The van der Waals surface area contributed by atoms with Gasteiger partial charge in [0.1, 0.15) is 11.2 Å². The summed E-state index contributed by atoms with van der Waals surface area (Å²) in [6.45, 7) is 10.5. The Balaban J connectivity index is 1.59. The quantitative estimate of drug-likeness (QED) is 0.308. The molecule has 2 aromatic rings. The van der Waals surface area contributed by atoms with Crippen LogP contribution in [-0.4, -0.2) is 77.3 Å². The number of benzene rings is 2. The van der Waals surface area contributed by atoms with E-state index < -0.39 is 59.9 Å². The molecule has 2 aromatic carbocycles. The highest BCUT2D eigenvalue weighted by Crippen LogP contribution is 2.30. The normalized spacial score (nSPS) is 16.6. The predicted molar refractivity (Wildman–Crippen MR) is 179 cm³/mol. The van der Waals surface area contributed by atoms with Gasteiger partial charge < -0.3 is 34.5 Å². The first-order valence-electron chi connectivity index (χ1n) is 16.0. The highest BCUT2D eigenvalue weighted by molar-refractivity contribution is 6.05. The topological polar surface area (TPSA) is 194 Å². The Morgan fingerprint density at radius 2 is 1.68 bits per heavy atom. The van der Waals surface area contributed by atoms with Crippen molar-refractivity contribution in [2.45, 2.75) is 91.3 Å².